The first kappa shape index (κ1) is 26.9. The number of fused-ring (bicyclic) bond motifs is 1. The van der Waals surface area contributed by atoms with Crippen molar-refractivity contribution < 1.29 is 19.1 Å². The lowest BCUT2D eigenvalue weighted by Gasteiger charge is -2.28. The highest BCUT2D eigenvalue weighted by Gasteiger charge is 2.28. The van der Waals surface area contributed by atoms with Gasteiger partial charge in [-0.1, -0.05) is 50.7 Å². The van der Waals surface area contributed by atoms with E-state index in [1.807, 2.05) is 42.5 Å². The van der Waals surface area contributed by atoms with Crippen LogP contribution in [0.4, 0.5) is 27.5 Å². The highest BCUT2D eigenvalue weighted by atomic mass is 16.6. The monoisotopic (exact) mass is 530 g/mol. The number of carbonyl (C=O) groups is 3. The second kappa shape index (κ2) is 12.5. The average molecular weight is 531 g/mol. The molecule has 2 aromatic rings. The van der Waals surface area contributed by atoms with Gasteiger partial charge in [0.2, 0.25) is 11.8 Å². The summed E-state index contributed by atoms with van der Waals surface area (Å²) in [4.78, 5) is 44.8. The van der Waals surface area contributed by atoms with E-state index in [1.54, 1.807) is 11.8 Å². The molecular formula is C31H38N4O4. The van der Waals surface area contributed by atoms with Gasteiger partial charge in [0.05, 0.1) is 30.2 Å². The second-order valence-corrected chi connectivity index (χ2v) is 10.8. The van der Waals surface area contributed by atoms with Crippen molar-refractivity contribution in [2.24, 2.45) is 16.8 Å². The van der Waals surface area contributed by atoms with Crippen LogP contribution in [-0.2, 0) is 14.3 Å². The van der Waals surface area contributed by atoms with Gasteiger partial charge >= 0.3 is 6.09 Å². The molecule has 2 aliphatic carbocycles. The molecule has 2 saturated carbocycles. The third-order valence-electron chi connectivity index (χ3n) is 8.02. The molecule has 0 spiro atoms. The SMILES string of the molecule is CCOC(=O)N1CC(c2ccc(NC(=O)C3CCCCC3)cc2)=Nc2cc(NC(=O)C3CCCCC3)ccc21. The van der Waals surface area contributed by atoms with Crippen LogP contribution in [-0.4, -0.2) is 36.8 Å². The van der Waals surface area contributed by atoms with Crippen LogP contribution in [0.1, 0.15) is 76.7 Å². The molecule has 0 atom stereocenters. The van der Waals surface area contributed by atoms with E-state index < -0.39 is 6.09 Å². The molecule has 0 aromatic heterocycles. The summed E-state index contributed by atoms with van der Waals surface area (Å²) in [6.07, 6.45) is 10.1. The van der Waals surface area contributed by atoms with E-state index in [9.17, 15) is 14.4 Å². The van der Waals surface area contributed by atoms with E-state index in [4.69, 9.17) is 9.73 Å². The zero-order valence-electron chi connectivity index (χ0n) is 22.7. The van der Waals surface area contributed by atoms with Crippen molar-refractivity contribution >= 4 is 46.4 Å². The van der Waals surface area contributed by atoms with E-state index in [2.05, 4.69) is 10.6 Å². The molecule has 0 radical (unpaired) electrons. The highest BCUT2D eigenvalue weighted by molar-refractivity contribution is 6.12. The van der Waals surface area contributed by atoms with Gasteiger partial charge in [0.15, 0.2) is 0 Å². The number of hydrogen-bond donors (Lipinski definition) is 2. The molecule has 39 heavy (non-hydrogen) atoms. The molecule has 0 saturated heterocycles. The van der Waals surface area contributed by atoms with Crippen LogP contribution in [0.15, 0.2) is 47.5 Å². The van der Waals surface area contributed by atoms with E-state index in [0.717, 1.165) is 62.6 Å². The van der Waals surface area contributed by atoms with Gasteiger partial charge in [-0.2, -0.15) is 0 Å². The molecule has 2 N–H and O–H groups in total. The van der Waals surface area contributed by atoms with Crippen LogP contribution in [0.5, 0.6) is 0 Å². The predicted octanol–water partition coefficient (Wildman–Crippen LogP) is 6.82. The van der Waals surface area contributed by atoms with Crippen molar-refractivity contribution in [3.05, 3.63) is 48.0 Å². The van der Waals surface area contributed by atoms with Crippen LogP contribution in [0.25, 0.3) is 0 Å². The summed E-state index contributed by atoms with van der Waals surface area (Å²) in [5.41, 5.74) is 4.21. The molecule has 1 aliphatic heterocycles. The topological polar surface area (TPSA) is 100 Å². The van der Waals surface area contributed by atoms with Crippen molar-refractivity contribution in [2.45, 2.75) is 71.1 Å². The quantitative estimate of drug-likeness (QED) is 0.428. The first-order valence-electron chi connectivity index (χ1n) is 14.4. The van der Waals surface area contributed by atoms with E-state index in [-0.39, 0.29) is 36.8 Å². The number of ether oxygens (including phenoxy) is 1. The molecule has 1 heterocycles. The second-order valence-electron chi connectivity index (χ2n) is 10.8. The Morgan fingerprint density at radius 1 is 0.821 bits per heavy atom. The van der Waals surface area contributed by atoms with Gasteiger partial charge in [0, 0.05) is 23.2 Å². The molecule has 3 amide bonds. The molecule has 2 fully saturated rings. The smallest absolute Gasteiger partial charge is 0.414 e. The van der Waals surface area contributed by atoms with Crippen LogP contribution in [0.2, 0.25) is 0 Å². The number of nitrogens with one attached hydrogen (secondary N) is 2. The molecule has 8 nitrogen and oxygen atoms in total. The van der Waals surface area contributed by atoms with Crippen LogP contribution < -0.4 is 15.5 Å². The first-order chi connectivity index (χ1) is 19.0. The molecule has 0 bridgehead atoms. The van der Waals surface area contributed by atoms with Gasteiger partial charge < -0.3 is 15.4 Å². The minimum atomic E-state index is -0.443. The van der Waals surface area contributed by atoms with Gasteiger partial charge in [-0.15, -0.1) is 0 Å². The summed E-state index contributed by atoms with van der Waals surface area (Å²) in [5.74, 6) is 0.260. The van der Waals surface area contributed by atoms with Gasteiger partial charge in [-0.05, 0) is 68.5 Å². The van der Waals surface area contributed by atoms with Crippen LogP contribution >= 0.6 is 0 Å². The van der Waals surface area contributed by atoms with Crippen LogP contribution in [0.3, 0.4) is 0 Å². The van der Waals surface area contributed by atoms with Gasteiger partial charge in [-0.25, -0.2) is 9.79 Å². The largest absolute Gasteiger partial charge is 0.449 e. The number of amides is 3. The normalized spacial score (nSPS) is 18.1. The van der Waals surface area contributed by atoms with E-state index in [0.29, 0.717) is 22.8 Å². The maximum absolute atomic E-state index is 12.9. The Labute approximate surface area is 230 Å². The van der Waals surface area contributed by atoms with Gasteiger partial charge in [0.25, 0.3) is 0 Å². The summed E-state index contributed by atoms with van der Waals surface area (Å²) in [6, 6.07) is 13.0. The van der Waals surface area contributed by atoms with Gasteiger partial charge in [-0.3, -0.25) is 14.5 Å². The van der Waals surface area contributed by atoms with Crippen molar-refractivity contribution in [2.75, 3.05) is 28.7 Å². The number of carbonyl (C=O) groups excluding carboxylic acids is 3. The number of nitrogens with zero attached hydrogens (tertiary/aromatic N) is 2. The Kier molecular flexibility index (Phi) is 8.59. The lowest BCUT2D eigenvalue weighted by molar-refractivity contribution is -0.121. The minimum absolute atomic E-state index is 0.0435. The fraction of sp³-hybridized carbons (Fsp3) is 0.484. The average Bonchev–Trinajstić information content (AvgIpc) is 2.98. The number of rotatable bonds is 6. The third kappa shape index (κ3) is 6.49. The maximum Gasteiger partial charge on any atom is 0.414 e. The number of aliphatic imine (C=N–C) groups is 1. The fourth-order valence-electron chi connectivity index (χ4n) is 5.82. The number of anilines is 3. The molecule has 2 aromatic carbocycles. The van der Waals surface area contributed by atoms with Crippen LogP contribution in [0, 0.1) is 11.8 Å². The molecule has 0 unspecified atom stereocenters. The summed E-state index contributed by atoms with van der Waals surface area (Å²) >= 11 is 0. The van der Waals surface area contributed by atoms with Crippen molar-refractivity contribution in [1.82, 2.24) is 0 Å². The van der Waals surface area contributed by atoms with Crippen molar-refractivity contribution in [1.29, 1.82) is 0 Å². The Hall–Kier alpha value is -3.68. The zero-order chi connectivity index (χ0) is 27.2. The lowest BCUT2D eigenvalue weighted by atomic mass is 9.88. The predicted molar refractivity (Wildman–Crippen MR) is 154 cm³/mol. The Morgan fingerprint density at radius 3 is 1.97 bits per heavy atom. The summed E-state index contributed by atoms with van der Waals surface area (Å²) < 4.78 is 5.33. The Bertz CT molecular complexity index is 1230. The standard InChI is InChI=1S/C31H38N4O4/c1-2-39-31(38)35-20-27(21-13-15-24(16-14-21)32-29(36)22-9-5-3-6-10-22)34-26-19-25(17-18-28(26)35)33-30(37)23-11-7-4-8-12-23/h13-19,22-23H,2-12,20H2,1H3,(H,32,36)(H,33,37). The van der Waals surface area contributed by atoms with E-state index in [1.165, 1.54) is 12.8 Å². The highest BCUT2D eigenvalue weighted by Crippen LogP contribution is 2.37. The lowest BCUT2D eigenvalue weighted by Crippen LogP contribution is -2.38. The van der Waals surface area contributed by atoms with Crippen molar-refractivity contribution in [3.63, 3.8) is 0 Å². The Morgan fingerprint density at radius 2 is 1.38 bits per heavy atom. The molecule has 5 rings (SSSR count). The zero-order valence-corrected chi connectivity index (χ0v) is 22.7. The Balaban J connectivity index is 1.35. The number of benzene rings is 2. The molecular weight excluding hydrogens is 492 g/mol. The number of hydrogen-bond acceptors (Lipinski definition) is 5. The first-order valence-corrected chi connectivity index (χ1v) is 14.4. The summed E-state index contributed by atoms with van der Waals surface area (Å²) in [6.45, 7) is 2.30. The van der Waals surface area contributed by atoms with Crippen molar-refractivity contribution in [3.8, 4) is 0 Å². The maximum atomic E-state index is 12.9. The summed E-state index contributed by atoms with van der Waals surface area (Å²) in [7, 11) is 0. The minimum Gasteiger partial charge on any atom is -0.449 e. The summed E-state index contributed by atoms with van der Waals surface area (Å²) in [5, 5.41) is 6.11. The van der Waals surface area contributed by atoms with E-state index >= 15 is 0 Å². The third-order valence-corrected chi connectivity index (χ3v) is 8.02. The fourth-order valence-corrected chi connectivity index (χ4v) is 5.82. The molecule has 3 aliphatic rings. The molecule has 8 heteroatoms. The molecule has 206 valence electrons. The van der Waals surface area contributed by atoms with Gasteiger partial charge in [0.1, 0.15) is 0 Å².